The largest absolute Gasteiger partial charge is 0.497 e. The number of piperidine rings is 1. The number of hydrogen-bond donors (Lipinski definition) is 0. The van der Waals surface area contributed by atoms with Gasteiger partial charge in [-0.25, -0.2) is 0 Å². The van der Waals surface area contributed by atoms with Crippen molar-refractivity contribution in [3.05, 3.63) is 29.3 Å². The van der Waals surface area contributed by atoms with Crippen molar-refractivity contribution in [1.29, 1.82) is 0 Å². The van der Waals surface area contributed by atoms with Gasteiger partial charge in [0.15, 0.2) is 0 Å². The minimum absolute atomic E-state index is 0.747. The molecule has 0 aromatic heterocycles. The lowest BCUT2D eigenvalue weighted by Crippen LogP contribution is -2.45. The van der Waals surface area contributed by atoms with Crippen LogP contribution in [0.2, 0.25) is 0 Å². The Kier molecular flexibility index (Phi) is 4.36. The Hall–Kier alpha value is -1.02. The fraction of sp³-hybridized carbons (Fsp3) is 0.714. The Morgan fingerprint density at radius 1 is 1.00 bits per heavy atom. The number of aryl methyl sites for hydroxylation is 1. The number of hydrogen-bond acceptors (Lipinski definition) is 2. The monoisotopic (exact) mass is 313 g/mol. The molecule has 3 aliphatic rings. The molecule has 126 valence electrons. The summed E-state index contributed by atoms with van der Waals surface area (Å²) in [5.41, 5.74) is 2.95. The summed E-state index contributed by atoms with van der Waals surface area (Å²) in [6.45, 7) is 4.86. The summed E-state index contributed by atoms with van der Waals surface area (Å²) < 4.78 is 5.35. The van der Waals surface area contributed by atoms with Gasteiger partial charge in [0.25, 0.3) is 0 Å². The zero-order chi connectivity index (χ0) is 15.8. The van der Waals surface area contributed by atoms with Crippen LogP contribution in [0.3, 0.4) is 0 Å². The van der Waals surface area contributed by atoms with Gasteiger partial charge in [0, 0.05) is 6.04 Å². The van der Waals surface area contributed by atoms with Gasteiger partial charge in [0.05, 0.1) is 7.11 Å². The molecule has 3 fully saturated rings. The molecule has 1 aromatic carbocycles. The summed E-state index contributed by atoms with van der Waals surface area (Å²) in [5.74, 6) is 3.84. The molecule has 3 atom stereocenters. The molecule has 0 spiro atoms. The molecule has 23 heavy (non-hydrogen) atoms. The maximum atomic E-state index is 5.35. The first-order valence-electron chi connectivity index (χ1n) is 9.63. The fourth-order valence-corrected chi connectivity index (χ4v) is 5.62. The second-order valence-corrected chi connectivity index (χ2v) is 8.12. The number of nitrogens with zero attached hydrogens (tertiary/aromatic N) is 1. The smallest absolute Gasteiger partial charge is 0.119 e. The summed E-state index contributed by atoms with van der Waals surface area (Å²) in [6.07, 6.45) is 10.2. The molecule has 2 nitrogen and oxygen atoms in total. The zero-order valence-electron chi connectivity index (χ0n) is 14.8. The van der Waals surface area contributed by atoms with Crippen molar-refractivity contribution in [2.75, 3.05) is 20.2 Å². The van der Waals surface area contributed by atoms with Crippen molar-refractivity contribution in [1.82, 2.24) is 4.90 Å². The Bertz CT molecular complexity index is 547. The van der Waals surface area contributed by atoms with Crippen molar-refractivity contribution in [3.8, 4) is 5.75 Å². The molecule has 1 saturated heterocycles. The highest BCUT2D eigenvalue weighted by Gasteiger charge is 2.39. The Balaban J connectivity index is 1.39. The van der Waals surface area contributed by atoms with Gasteiger partial charge in [-0.3, -0.25) is 0 Å². The van der Waals surface area contributed by atoms with Crippen LogP contribution in [0, 0.1) is 18.8 Å². The lowest BCUT2D eigenvalue weighted by Gasteiger charge is -2.42. The standard InChI is InChI=1S/C21H31NO/c1-15-13-19(23-2)6-7-20(15)17-9-11-22(12-10-17)21-8-4-16-3-5-18(21)14-16/h6-7,13,16-18,21H,3-5,8-12,14H2,1-2H3/t16-,18?,21?/m1/s1. The summed E-state index contributed by atoms with van der Waals surface area (Å²) in [4.78, 5) is 2.85. The molecule has 0 radical (unpaired) electrons. The fourth-order valence-electron chi connectivity index (χ4n) is 5.62. The molecule has 2 bridgehead atoms. The van der Waals surface area contributed by atoms with E-state index < -0.39 is 0 Å². The first kappa shape index (κ1) is 15.5. The van der Waals surface area contributed by atoms with Crippen LogP contribution in [0.1, 0.15) is 62.0 Å². The van der Waals surface area contributed by atoms with Crippen LogP contribution in [0.15, 0.2) is 18.2 Å². The van der Waals surface area contributed by atoms with Gasteiger partial charge in [-0.15, -0.1) is 0 Å². The molecular formula is C21H31NO. The van der Waals surface area contributed by atoms with E-state index in [0.717, 1.165) is 29.5 Å². The molecule has 1 aromatic rings. The van der Waals surface area contributed by atoms with E-state index >= 15 is 0 Å². The van der Waals surface area contributed by atoms with Crippen LogP contribution in [-0.4, -0.2) is 31.1 Å². The predicted octanol–water partition coefficient (Wildman–Crippen LogP) is 4.76. The van der Waals surface area contributed by atoms with Crippen molar-refractivity contribution >= 4 is 0 Å². The first-order chi connectivity index (χ1) is 11.2. The highest BCUT2D eigenvalue weighted by atomic mass is 16.5. The van der Waals surface area contributed by atoms with Crippen molar-refractivity contribution < 1.29 is 4.74 Å². The van der Waals surface area contributed by atoms with Crippen LogP contribution in [0.4, 0.5) is 0 Å². The van der Waals surface area contributed by atoms with E-state index in [0.29, 0.717) is 0 Å². The van der Waals surface area contributed by atoms with E-state index in [9.17, 15) is 0 Å². The maximum Gasteiger partial charge on any atom is 0.119 e. The molecule has 1 heterocycles. The van der Waals surface area contributed by atoms with E-state index in [4.69, 9.17) is 4.74 Å². The van der Waals surface area contributed by atoms with Crippen LogP contribution in [-0.2, 0) is 0 Å². The summed E-state index contributed by atoms with van der Waals surface area (Å²) >= 11 is 0. The van der Waals surface area contributed by atoms with Crippen molar-refractivity contribution in [2.45, 2.75) is 63.8 Å². The number of fused-ring (bicyclic) bond motifs is 2. The average Bonchev–Trinajstić information content (AvgIpc) is 2.96. The van der Waals surface area contributed by atoms with Crippen LogP contribution in [0.25, 0.3) is 0 Å². The zero-order valence-corrected chi connectivity index (χ0v) is 14.8. The molecule has 2 aliphatic carbocycles. The molecule has 0 amide bonds. The molecule has 4 rings (SSSR count). The van der Waals surface area contributed by atoms with Gasteiger partial charge in [0.2, 0.25) is 0 Å². The molecular weight excluding hydrogens is 282 g/mol. The van der Waals surface area contributed by atoms with Gasteiger partial charge in [0.1, 0.15) is 5.75 Å². The van der Waals surface area contributed by atoms with Crippen LogP contribution >= 0.6 is 0 Å². The van der Waals surface area contributed by atoms with E-state index in [1.807, 2.05) is 0 Å². The molecule has 0 N–H and O–H groups in total. The Labute approximate surface area is 141 Å². The third-order valence-corrected chi connectivity index (χ3v) is 6.91. The van der Waals surface area contributed by atoms with E-state index in [1.54, 1.807) is 12.7 Å². The third-order valence-electron chi connectivity index (χ3n) is 6.91. The number of benzene rings is 1. The minimum atomic E-state index is 0.747. The van der Waals surface area contributed by atoms with Gasteiger partial charge in [-0.05, 0) is 99.6 Å². The van der Waals surface area contributed by atoms with E-state index in [-0.39, 0.29) is 0 Å². The lowest BCUT2D eigenvalue weighted by atomic mass is 9.81. The van der Waals surface area contributed by atoms with E-state index in [1.165, 1.54) is 63.6 Å². The predicted molar refractivity (Wildman–Crippen MR) is 95.1 cm³/mol. The first-order valence-corrected chi connectivity index (χ1v) is 9.63. The molecule has 2 saturated carbocycles. The second-order valence-electron chi connectivity index (χ2n) is 8.12. The second kappa shape index (κ2) is 6.47. The molecule has 2 heteroatoms. The topological polar surface area (TPSA) is 12.5 Å². The highest BCUT2D eigenvalue weighted by Crippen LogP contribution is 2.45. The molecule has 1 aliphatic heterocycles. The van der Waals surface area contributed by atoms with Crippen LogP contribution in [0.5, 0.6) is 5.75 Å². The highest BCUT2D eigenvalue weighted by molar-refractivity contribution is 5.37. The average molecular weight is 313 g/mol. The van der Waals surface area contributed by atoms with Crippen molar-refractivity contribution in [2.24, 2.45) is 11.8 Å². The molecule has 2 unspecified atom stereocenters. The number of ether oxygens (including phenoxy) is 1. The van der Waals surface area contributed by atoms with E-state index in [2.05, 4.69) is 30.0 Å². The van der Waals surface area contributed by atoms with Gasteiger partial charge < -0.3 is 9.64 Å². The lowest BCUT2D eigenvalue weighted by molar-refractivity contribution is 0.0839. The maximum absolute atomic E-state index is 5.35. The van der Waals surface area contributed by atoms with Gasteiger partial charge in [-0.2, -0.15) is 0 Å². The number of methoxy groups -OCH3 is 1. The Morgan fingerprint density at radius 2 is 1.78 bits per heavy atom. The minimum Gasteiger partial charge on any atom is -0.497 e. The quantitative estimate of drug-likeness (QED) is 0.797. The number of rotatable bonds is 3. The van der Waals surface area contributed by atoms with Gasteiger partial charge in [-0.1, -0.05) is 12.5 Å². The normalized spacial score (nSPS) is 32.2. The van der Waals surface area contributed by atoms with Crippen molar-refractivity contribution in [3.63, 3.8) is 0 Å². The number of likely N-dealkylation sites (tertiary alicyclic amines) is 1. The summed E-state index contributed by atoms with van der Waals surface area (Å²) in [5, 5.41) is 0. The summed E-state index contributed by atoms with van der Waals surface area (Å²) in [6, 6.07) is 7.54. The van der Waals surface area contributed by atoms with Gasteiger partial charge >= 0.3 is 0 Å². The third kappa shape index (κ3) is 3.03. The summed E-state index contributed by atoms with van der Waals surface area (Å²) in [7, 11) is 1.75. The SMILES string of the molecule is COc1ccc(C2CCN(C3CC[C@H]4CCC3C4)CC2)c(C)c1. The van der Waals surface area contributed by atoms with Crippen LogP contribution < -0.4 is 4.74 Å². The Morgan fingerprint density at radius 3 is 2.52 bits per heavy atom.